The lowest BCUT2D eigenvalue weighted by Crippen LogP contribution is -2.50. The fourth-order valence-electron chi connectivity index (χ4n) is 1.74. The number of carbonyl (C=O) groups excluding carboxylic acids is 1. The van der Waals surface area contributed by atoms with Crippen molar-refractivity contribution in [3.8, 4) is 11.3 Å². The van der Waals surface area contributed by atoms with Crippen molar-refractivity contribution in [3.05, 3.63) is 42.1 Å². The molecule has 5 heteroatoms. The molecule has 3 N–H and O–H groups in total. The van der Waals surface area contributed by atoms with Crippen LogP contribution < -0.4 is 10.6 Å². The molecule has 0 fully saturated rings. The lowest BCUT2D eigenvalue weighted by molar-refractivity contribution is -0.126. The van der Waals surface area contributed by atoms with Crippen LogP contribution in [0.25, 0.3) is 11.3 Å². The van der Waals surface area contributed by atoms with Gasteiger partial charge in [-0.2, -0.15) is 5.10 Å². The van der Waals surface area contributed by atoms with E-state index in [2.05, 4.69) is 20.8 Å². The third-order valence-corrected chi connectivity index (χ3v) is 3.41. The largest absolute Gasteiger partial charge is 0.350 e. The van der Waals surface area contributed by atoms with Crippen molar-refractivity contribution >= 4 is 5.91 Å². The molecule has 0 aliphatic carbocycles. The summed E-state index contributed by atoms with van der Waals surface area (Å²) >= 11 is 0. The molecule has 0 saturated heterocycles. The monoisotopic (exact) mass is 272 g/mol. The Hall–Kier alpha value is -2.14. The number of amides is 1. The van der Waals surface area contributed by atoms with E-state index in [4.69, 9.17) is 0 Å². The Labute approximate surface area is 118 Å². The van der Waals surface area contributed by atoms with Crippen LogP contribution >= 0.6 is 0 Å². The molecule has 0 unspecified atom stereocenters. The van der Waals surface area contributed by atoms with Gasteiger partial charge in [-0.3, -0.25) is 9.89 Å². The summed E-state index contributed by atoms with van der Waals surface area (Å²) in [5, 5.41) is 12.8. The van der Waals surface area contributed by atoms with Gasteiger partial charge in [0.2, 0.25) is 5.91 Å². The van der Waals surface area contributed by atoms with Gasteiger partial charge in [-0.25, -0.2) is 0 Å². The molecule has 1 aromatic carbocycles. The van der Waals surface area contributed by atoms with E-state index < -0.39 is 5.54 Å². The fourth-order valence-corrected chi connectivity index (χ4v) is 1.74. The van der Waals surface area contributed by atoms with Crippen LogP contribution in [0, 0.1) is 0 Å². The summed E-state index contributed by atoms with van der Waals surface area (Å²) in [6, 6.07) is 9.95. The number of benzene rings is 1. The predicted octanol–water partition coefficient (Wildman–Crippen LogP) is 1.69. The van der Waals surface area contributed by atoms with E-state index in [0.717, 1.165) is 16.8 Å². The van der Waals surface area contributed by atoms with Crippen LogP contribution in [-0.2, 0) is 11.3 Å². The number of carbonyl (C=O) groups is 1. The fraction of sp³-hybridized carbons (Fsp3) is 0.333. The second-order valence-electron chi connectivity index (χ2n) is 5.22. The van der Waals surface area contributed by atoms with Gasteiger partial charge in [0.1, 0.15) is 0 Å². The molecule has 1 amide bonds. The number of rotatable bonds is 5. The van der Waals surface area contributed by atoms with Crippen molar-refractivity contribution in [2.75, 3.05) is 7.05 Å². The Morgan fingerprint density at radius 1 is 1.25 bits per heavy atom. The number of likely N-dealkylation sites (N-methyl/N-ethyl adjacent to an activating group) is 1. The van der Waals surface area contributed by atoms with Crippen molar-refractivity contribution in [2.24, 2.45) is 0 Å². The molecule has 20 heavy (non-hydrogen) atoms. The molecule has 0 bridgehead atoms. The van der Waals surface area contributed by atoms with Crippen molar-refractivity contribution in [1.82, 2.24) is 20.8 Å². The van der Waals surface area contributed by atoms with E-state index in [9.17, 15) is 4.79 Å². The van der Waals surface area contributed by atoms with Gasteiger partial charge in [0.25, 0.3) is 0 Å². The van der Waals surface area contributed by atoms with Gasteiger partial charge in [-0.15, -0.1) is 0 Å². The Balaban J connectivity index is 1.96. The Morgan fingerprint density at radius 3 is 2.50 bits per heavy atom. The van der Waals surface area contributed by atoms with E-state index in [-0.39, 0.29) is 5.91 Å². The first-order valence-electron chi connectivity index (χ1n) is 6.59. The lowest BCUT2D eigenvalue weighted by Gasteiger charge is -2.22. The summed E-state index contributed by atoms with van der Waals surface area (Å²) in [7, 11) is 1.78. The number of nitrogens with zero attached hydrogens (tertiary/aromatic N) is 1. The standard InChI is InChI=1S/C15H20N4O/c1-15(2,16-3)14(20)17-10-11-4-6-12(7-5-11)13-8-9-18-19-13/h4-9,16H,10H2,1-3H3,(H,17,20)(H,18,19). The predicted molar refractivity (Wildman–Crippen MR) is 79.0 cm³/mol. The second-order valence-corrected chi connectivity index (χ2v) is 5.22. The minimum Gasteiger partial charge on any atom is -0.350 e. The van der Waals surface area contributed by atoms with Gasteiger partial charge in [-0.05, 0) is 38.1 Å². The minimum atomic E-state index is -0.560. The van der Waals surface area contributed by atoms with Gasteiger partial charge in [0.15, 0.2) is 0 Å². The molecule has 106 valence electrons. The molecule has 0 aliphatic heterocycles. The molecule has 0 spiro atoms. The van der Waals surface area contributed by atoms with Crippen LogP contribution in [0.4, 0.5) is 0 Å². The first kappa shape index (κ1) is 14.3. The highest BCUT2D eigenvalue weighted by Gasteiger charge is 2.24. The van der Waals surface area contributed by atoms with Crippen LogP contribution in [0.1, 0.15) is 19.4 Å². The summed E-state index contributed by atoms with van der Waals surface area (Å²) in [5.41, 5.74) is 2.56. The highest BCUT2D eigenvalue weighted by Crippen LogP contribution is 2.16. The average molecular weight is 272 g/mol. The molecule has 1 heterocycles. The molecule has 0 radical (unpaired) electrons. The number of hydrogen-bond acceptors (Lipinski definition) is 3. The summed E-state index contributed by atoms with van der Waals surface area (Å²) in [4.78, 5) is 11.9. The maximum absolute atomic E-state index is 11.9. The summed E-state index contributed by atoms with van der Waals surface area (Å²) < 4.78 is 0. The molecule has 1 aromatic heterocycles. The van der Waals surface area contributed by atoms with Crippen LogP contribution in [-0.4, -0.2) is 28.7 Å². The topological polar surface area (TPSA) is 69.8 Å². The van der Waals surface area contributed by atoms with E-state index in [1.54, 1.807) is 13.2 Å². The van der Waals surface area contributed by atoms with Crippen molar-refractivity contribution in [2.45, 2.75) is 25.9 Å². The van der Waals surface area contributed by atoms with Gasteiger partial charge in [-0.1, -0.05) is 24.3 Å². The SMILES string of the molecule is CNC(C)(C)C(=O)NCc1ccc(-c2ccn[nH]2)cc1. The molecule has 0 saturated carbocycles. The van der Waals surface area contributed by atoms with E-state index in [1.807, 2.05) is 44.2 Å². The van der Waals surface area contributed by atoms with Crippen LogP contribution in [0.15, 0.2) is 36.5 Å². The second kappa shape index (κ2) is 5.88. The van der Waals surface area contributed by atoms with Crippen LogP contribution in [0.2, 0.25) is 0 Å². The molecular weight excluding hydrogens is 252 g/mol. The molecule has 0 atom stereocenters. The molecule has 2 aromatic rings. The van der Waals surface area contributed by atoms with E-state index in [1.165, 1.54) is 0 Å². The zero-order valence-electron chi connectivity index (χ0n) is 12.0. The van der Waals surface area contributed by atoms with Gasteiger partial charge >= 0.3 is 0 Å². The third kappa shape index (κ3) is 3.24. The van der Waals surface area contributed by atoms with Gasteiger partial charge in [0.05, 0.1) is 11.2 Å². The van der Waals surface area contributed by atoms with Gasteiger partial charge in [0, 0.05) is 12.7 Å². The van der Waals surface area contributed by atoms with Gasteiger partial charge < -0.3 is 10.6 Å². The summed E-state index contributed by atoms with van der Waals surface area (Å²) in [5.74, 6) is -0.0161. The minimum absolute atomic E-state index is 0.0161. The number of nitrogens with one attached hydrogen (secondary N) is 3. The third-order valence-electron chi connectivity index (χ3n) is 3.41. The first-order valence-corrected chi connectivity index (χ1v) is 6.59. The maximum atomic E-state index is 11.9. The first-order chi connectivity index (χ1) is 9.53. The Bertz CT molecular complexity index is 558. The van der Waals surface area contributed by atoms with E-state index in [0.29, 0.717) is 6.54 Å². The highest BCUT2D eigenvalue weighted by molar-refractivity contribution is 5.85. The van der Waals surface area contributed by atoms with Crippen molar-refractivity contribution in [3.63, 3.8) is 0 Å². The van der Waals surface area contributed by atoms with Crippen molar-refractivity contribution < 1.29 is 4.79 Å². The van der Waals surface area contributed by atoms with Crippen LogP contribution in [0.3, 0.4) is 0 Å². The lowest BCUT2D eigenvalue weighted by atomic mass is 10.0. The van der Waals surface area contributed by atoms with Crippen molar-refractivity contribution in [1.29, 1.82) is 0 Å². The Morgan fingerprint density at radius 2 is 1.95 bits per heavy atom. The normalized spacial score (nSPS) is 11.3. The highest BCUT2D eigenvalue weighted by atomic mass is 16.2. The number of hydrogen-bond donors (Lipinski definition) is 3. The molecule has 5 nitrogen and oxygen atoms in total. The zero-order valence-corrected chi connectivity index (χ0v) is 12.0. The Kier molecular flexibility index (Phi) is 4.20. The summed E-state index contributed by atoms with van der Waals surface area (Å²) in [6.07, 6.45) is 1.73. The maximum Gasteiger partial charge on any atom is 0.239 e. The smallest absolute Gasteiger partial charge is 0.239 e. The molecular formula is C15H20N4O. The zero-order chi connectivity index (χ0) is 14.6. The summed E-state index contributed by atoms with van der Waals surface area (Å²) in [6.45, 7) is 4.22. The number of H-pyrrole nitrogens is 1. The molecule has 0 aliphatic rings. The molecule has 2 rings (SSSR count). The quantitative estimate of drug-likeness (QED) is 0.776. The number of aromatic amines is 1. The van der Waals surface area contributed by atoms with Crippen LogP contribution in [0.5, 0.6) is 0 Å². The average Bonchev–Trinajstić information content (AvgIpc) is 2.99. The van der Waals surface area contributed by atoms with E-state index >= 15 is 0 Å². The number of aromatic nitrogens is 2.